The standard InChI is InChI=1S/C16H24N/c1-14(12-15-8-4-2-5-9-15)17-13-16-10-6-3-7-11-16/h3,6,10-11,14-15,17H,2,4-5,8-9,12-13H2,1H3/t14-/m0/s1. The van der Waals surface area contributed by atoms with Crippen LogP contribution in [-0.4, -0.2) is 6.04 Å². The molecule has 0 amide bonds. The molecule has 0 saturated heterocycles. The van der Waals surface area contributed by atoms with Crippen molar-refractivity contribution < 1.29 is 0 Å². The first-order chi connectivity index (χ1) is 8.34. The maximum absolute atomic E-state index is 3.63. The monoisotopic (exact) mass is 230 g/mol. The first-order valence-electron chi connectivity index (χ1n) is 7.03. The topological polar surface area (TPSA) is 12.0 Å². The second-order valence-electron chi connectivity index (χ2n) is 5.43. The summed E-state index contributed by atoms with van der Waals surface area (Å²) in [7, 11) is 0. The third kappa shape index (κ3) is 4.51. The number of nitrogens with one attached hydrogen (secondary N) is 1. The lowest BCUT2D eigenvalue weighted by molar-refractivity contribution is 0.304. The minimum absolute atomic E-state index is 0.637. The molecular formula is C16H24N. The van der Waals surface area contributed by atoms with Crippen LogP contribution in [0.5, 0.6) is 0 Å². The van der Waals surface area contributed by atoms with Crippen molar-refractivity contribution in [1.29, 1.82) is 0 Å². The highest BCUT2D eigenvalue weighted by molar-refractivity contribution is 5.13. The first kappa shape index (κ1) is 12.6. The maximum Gasteiger partial charge on any atom is 0.0208 e. The van der Waals surface area contributed by atoms with E-state index in [-0.39, 0.29) is 0 Å². The van der Waals surface area contributed by atoms with Crippen molar-refractivity contribution in [3.8, 4) is 0 Å². The molecule has 0 aliphatic heterocycles. The molecule has 1 aromatic rings. The molecule has 1 aromatic carbocycles. The highest BCUT2D eigenvalue weighted by Gasteiger charge is 2.15. The van der Waals surface area contributed by atoms with Crippen LogP contribution in [-0.2, 0) is 6.54 Å². The van der Waals surface area contributed by atoms with Crippen molar-refractivity contribution in [2.75, 3.05) is 0 Å². The van der Waals surface area contributed by atoms with Crippen molar-refractivity contribution in [3.63, 3.8) is 0 Å². The Labute approximate surface area is 106 Å². The first-order valence-corrected chi connectivity index (χ1v) is 7.03. The summed E-state index contributed by atoms with van der Waals surface area (Å²) in [5.41, 5.74) is 1.34. The summed E-state index contributed by atoms with van der Waals surface area (Å²) in [5.74, 6) is 0.966. The molecule has 1 N–H and O–H groups in total. The molecular weight excluding hydrogens is 206 g/mol. The fourth-order valence-electron chi connectivity index (χ4n) is 2.84. The van der Waals surface area contributed by atoms with E-state index in [9.17, 15) is 0 Å². The van der Waals surface area contributed by atoms with E-state index in [4.69, 9.17) is 0 Å². The molecule has 2 rings (SSSR count). The van der Waals surface area contributed by atoms with Crippen molar-refractivity contribution >= 4 is 0 Å². The van der Waals surface area contributed by atoms with Crippen LogP contribution in [0, 0.1) is 12.0 Å². The predicted molar refractivity (Wildman–Crippen MR) is 72.8 cm³/mol. The predicted octanol–water partition coefficient (Wildman–Crippen LogP) is 3.94. The minimum Gasteiger partial charge on any atom is -0.310 e. The van der Waals surface area contributed by atoms with E-state index in [0.717, 1.165) is 12.5 Å². The van der Waals surface area contributed by atoms with E-state index >= 15 is 0 Å². The molecule has 0 bridgehead atoms. The number of hydrogen-bond donors (Lipinski definition) is 1. The van der Waals surface area contributed by atoms with Crippen molar-refractivity contribution in [2.45, 2.75) is 58.0 Å². The maximum atomic E-state index is 3.63. The minimum atomic E-state index is 0.637. The zero-order valence-electron chi connectivity index (χ0n) is 10.9. The van der Waals surface area contributed by atoms with Gasteiger partial charge in [0.1, 0.15) is 0 Å². The number of rotatable bonds is 5. The summed E-state index contributed by atoms with van der Waals surface area (Å²) >= 11 is 0. The molecule has 1 atom stereocenters. The van der Waals surface area contributed by atoms with Gasteiger partial charge in [0.05, 0.1) is 0 Å². The SMILES string of the molecule is C[C@@H](CC1CCCCC1)NCc1c[c]ccc1. The average molecular weight is 230 g/mol. The largest absolute Gasteiger partial charge is 0.310 e. The highest BCUT2D eigenvalue weighted by atomic mass is 14.9. The van der Waals surface area contributed by atoms with Crippen molar-refractivity contribution in [3.05, 3.63) is 35.9 Å². The molecule has 0 aromatic heterocycles. The Balaban J connectivity index is 1.68. The molecule has 1 aliphatic carbocycles. The van der Waals surface area contributed by atoms with Gasteiger partial charge in [0.15, 0.2) is 0 Å². The molecule has 0 heterocycles. The summed E-state index contributed by atoms with van der Waals surface area (Å²) in [5, 5.41) is 3.63. The van der Waals surface area contributed by atoms with Gasteiger partial charge in [-0.3, -0.25) is 0 Å². The van der Waals surface area contributed by atoms with Crippen molar-refractivity contribution in [1.82, 2.24) is 5.32 Å². The third-order valence-corrected chi connectivity index (χ3v) is 3.84. The van der Waals surface area contributed by atoms with Gasteiger partial charge >= 0.3 is 0 Å². The van der Waals surface area contributed by atoms with Crippen LogP contribution in [0.2, 0.25) is 0 Å². The Kier molecular flexibility index (Phi) is 5.06. The highest BCUT2D eigenvalue weighted by Crippen LogP contribution is 2.27. The fraction of sp³-hybridized carbons (Fsp3) is 0.625. The Morgan fingerprint density at radius 2 is 2.18 bits per heavy atom. The lowest BCUT2D eigenvalue weighted by atomic mass is 9.85. The summed E-state index contributed by atoms with van der Waals surface area (Å²) in [4.78, 5) is 0. The van der Waals surface area contributed by atoms with Gasteiger partial charge < -0.3 is 5.32 Å². The van der Waals surface area contributed by atoms with Crippen molar-refractivity contribution in [2.24, 2.45) is 5.92 Å². The zero-order chi connectivity index (χ0) is 11.9. The summed E-state index contributed by atoms with van der Waals surface area (Å²) in [6.45, 7) is 3.30. The Bertz CT molecular complexity index is 301. The van der Waals surface area contributed by atoms with Gasteiger partial charge in [-0.15, -0.1) is 0 Å². The molecule has 0 spiro atoms. The third-order valence-electron chi connectivity index (χ3n) is 3.84. The van der Waals surface area contributed by atoms with E-state index in [1.807, 2.05) is 6.07 Å². The molecule has 1 radical (unpaired) electrons. The molecule has 17 heavy (non-hydrogen) atoms. The van der Waals surface area contributed by atoms with E-state index in [1.54, 1.807) is 0 Å². The summed E-state index contributed by atoms with van der Waals surface area (Å²) in [6, 6.07) is 12.0. The molecule has 1 fully saturated rings. The quantitative estimate of drug-likeness (QED) is 0.808. The Morgan fingerprint density at radius 1 is 1.35 bits per heavy atom. The van der Waals surface area contributed by atoms with Gasteiger partial charge in [-0.05, 0) is 37.0 Å². The van der Waals surface area contributed by atoms with Crippen LogP contribution >= 0.6 is 0 Å². The molecule has 0 unspecified atom stereocenters. The van der Waals surface area contributed by atoms with Crippen LogP contribution in [0.4, 0.5) is 0 Å². The van der Waals surface area contributed by atoms with Crippen LogP contribution in [0.3, 0.4) is 0 Å². The molecule has 1 heteroatoms. The molecule has 93 valence electrons. The van der Waals surface area contributed by atoms with E-state index < -0.39 is 0 Å². The second-order valence-corrected chi connectivity index (χ2v) is 5.43. The van der Waals surface area contributed by atoms with Crippen LogP contribution in [0.25, 0.3) is 0 Å². The van der Waals surface area contributed by atoms with E-state index in [1.165, 1.54) is 44.1 Å². The Hall–Kier alpha value is -0.820. The van der Waals surface area contributed by atoms with Gasteiger partial charge in [-0.2, -0.15) is 0 Å². The van der Waals surface area contributed by atoms with E-state index in [2.05, 4.69) is 36.5 Å². The van der Waals surface area contributed by atoms with E-state index in [0.29, 0.717) is 6.04 Å². The van der Waals surface area contributed by atoms with Crippen LogP contribution < -0.4 is 5.32 Å². The van der Waals surface area contributed by atoms with Gasteiger partial charge in [0.25, 0.3) is 0 Å². The lowest BCUT2D eigenvalue weighted by Gasteiger charge is -2.25. The zero-order valence-corrected chi connectivity index (χ0v) is 10.9. The number of benzene rings is 1. The van der Waals surface area contributed by atoms with Gasteiger partial charge in [-0.1, -0.05) is 50.3 Å². The van der Waals surface area contributed by atoms with Gasteiger partial charge in [-0.25, -0.2) is 0 Å². The van der Waals surface area contributed by atoms with Crippen LogP contribution in [0.15, 0.2) is 24.3 Å². The fourth-order valence-corrected chi connectivity index (χ4v) is 2.84. The lowest BCUT2D eigenvalue weighted by Crippen LogP contribution is -2.28. The molecule has 1 aliphatic rings. The normalized spacial score (nSPS) is 19.1. The molecule has 1 nitrogen and oxygen atoms in total. The average Bonchev–Trinajstić information content (AvgIpc) is 2.39. The van der Waals surface area contributed by atoms with Crippen LogP contribution in [0.1, 0.15) is 51.0 Å². The number of hydrogen-bond acceptors (Lipinski definition) is 1. The molecule has 1 saturated carbocycles. The smallest absolute Gasteiger partial charge is 0.0208 e. The van der Waals surface area contributed by atoms with Gasteiger partial charge in [0.2, 0.25) is 0 Å². The summed E-state index contributed by atoms with van der Waals surface area (Å²) < 4.78 is 0. The second kappa shape index (κ2) is 6.80. The Morgan fingerprint density at radius 3 is 2.88 bits per heavy atom. The van der Waals surface area contributed by atoms with Gasteiger partial charge in [0, 0.05) is 12.6 Å². The summed E-state index contributed by atoms with van der Waals surface area (Å²) in [6.07, 6.45) is 8.60.